The zero-order valence-electron chi connectivity index (χ0n) is 11.3. The van der Waals surface area contributed by atoms with E-state index in [-0.39, 0.29) is 0 Å². The largest absolute Gasteiger partial charge is 0.308 e. The minimum atomic E-state index is 0.415. The van der Waals surface area contributed by atoms with Gasteiger partial charge in [-0.1, -0.05) is 6.07 Å². The van der Waals surface area contributed by atoms with Crippen molar-refractivity contribution in [2.75, 3.05) is 6.54 Å². The van der Waals surface area contributed by atoms with Crippen molar-refractivity contribution < 1.29 is 0 Å². The van der Waals surface area contributed by atoms with Crippen LogP contribution < -0.4 is 5.32 Å². The Kier molecular flexibility index (Phi) is 3.60. The quantitative estimate of drug-likeness (QED) is 0.910. The van der Waals surface area contributed by atoms with E-state index in [0.29, 0.717) is 6.04 Å². The van der Waals surface area contributed by atoms with Gasteiger partial charge in [-0.25, -0.2) is 0 Å². The Labute approximate surface area is 113 Å². The van der Waals surface area contributed by atoms with E-state index < -0.39 is 0 Å². The maximum Gasteiger partial charge on any atom is 0.0605 e. The summed E-state index contributed by atoms with van der Waals surface area (Å²) in [7, 11) is 1.99. The molecule has 2 heterocycles. The monoisotopic (exact) mass is 256 g/mol. The van der Waals surface area contributed by atoms with Crippen LogP contribution in [-0.4, -0.2) is 21.3 Å². The summed E-state index contributed by atoms with van der Waals surface area (Å²) in [6.45, 7) is 0.972. The number of nitrogens with zero attached hydrogens (tertiary/aromatic N) is 3. The summed E-state index contributed by atoms with van der Waals surface area (Å²) >= 11 is 0. The first-order valence-corrected chi connectivity index (χ1v) is 6.98. The highest BCUT2D eigenvalue weighted by Crippen LogP contribution is 2.27. The Bertz CT molecular complexity index is 547. The second-order valence-corrected chi connectivity index (χ2v) is 5.14. The number of hydrogen-bond donors (Lipinski definition) is 1. The van der Waals surface area contributed by atoms with Crippen LogP contribution >= 0.6 is 0 Å². The van der Waals surface area contributed by atoms with Gasteiger partial charge in [0, 0.05) is 44.1 Å². The fraction of sp³-hybridized carbons (Fsp3) is 0.467. The maximum atomic E-state index is 4.55. The van der Waals surface area contributed by atoms with Gasteiger partial charge in [-0.05, 0) is 37.0 Å². The fourth-order valence-corrected chi connectivity index (χ4v) is 2.83. The van der Waals surface area contributed by atoms with Crippen molar-refractivity contribution in [3.8, 4) is 0 Å². The van der Waals surface area contributed by atoms with Crippen LogP contribution in [0, 0.1) is 0 Å². The van der Waals surface area contributed by atoms with Crippen molar-refractivity contribution in [1.29, 1.82) is 0 Å². The molecule has 4 nitrogen and oxygen atoms in total. The topological polar surface area (TPSA) is 42.7 Å². The molecule has 19 heavy (non-hydrogen) atoms. The van der Waals surface area contributed by atoms with Crippen LogP contribution in [0.4, 0.5) is 0 Å². The second-order valence-electron chi connectivity index (χ2n) is 5.14. The van der Waals surface area contributed by atoms with Crippen LogP contribution in [0.25, 0.3) is 0 Å². The predicted molar refractivity (Wildman–Crippen MR) is 74.8 cm³/mol. The first-order valence-electron chi connectivity index (χ1n) is 6.98. The molecule has 0 aliphatic heterocycles. The Hall–Kier alpha value is -1.68. The molecule has 0 saturated heterocycles. The molecule has 0 saturated carbocycles. The molecule has 2 aromatic heterocycles. The minimum Gasteiger partial charge on any atom is -0.308 e. The lowest BCUT2D eigenvalue weighted by Gasteiger charge is -2.25. The van der Waals surface area contributed by atoms with Crippen molar-refractivity contribution in [3.05, 3.63) is 47.5 Å². The molecule has 100 valence electrons. The summed E-state index contributed by atoms with van der Waals surface area (Å²) in [4.78, 5) is 4.55. The molecule has 0 radical (unpaired) electrons. The molecule has 2 aromatic rings. The second kappa shape index (κ2) is 5.53. The molecule has 4 heteroatoms. The van der Waals surface area contributed by atoms with Gasteiger partial charge in [0.1, 0.15) is 0 Å². The standard InChI is InChI=1S/C15H20N4/c1-19-13(8-11-18-19)7-10-16-14-6-2-4-12-5-3-9-17-15(12)14/h3,5,8-9,11,14,16H,2,4,6-7,10H2,1H3. The highest BCUT2D eigenvalue weighted by molar-refractivity contribution is 5.25. The van der Waals surface area contributed by atoms with Crippen LogP contribution in [0.15, 0.2) is 30.6 Å². The predicted octanol–water partition coefficient (Wildman–Crippen LogP) is 2.02. The highest BCUT2D eigenvalue weighted by atomic mass is 15.3. The molecule has 0 fully saturated rings. The molecule has 0 amide bonds. The van der Waals surface area contributed by atoms with E-state index in [4.69, 9.17) is 0 Å². The lowest BCUT2D eigenvalue weighted by atomic mass is 9.92. The smallest absolute Gasteiger partial charge is 0.0605 e. The zero-order chi connectivity index (χ0) is 13.1. The lowest BCUT2D eigenvalue weighted by molar-refractivity contribution is 0.449. The van der Waals surface area contributed by atoms with Gasteiger partial charge < -0.3 is 5.32 Å². The molecular weight excluding hydrogens is 236 g/mol. The Morgan fingerprint density at radius 3 is 3.16 bits per heavy atom. The fourth-order valence-electron chi connectivity index (χ4n) is 2.83. The number of fused-ring (bicyclic) bond motifs is 1. The lowest BCUT2D eigenvalue weighted by Crippen LogP contribution is -2.28. The van der Waals surface area contributed by atoms with E-state index in [1.165, 1.54) is 36.2 Å². The molecule has 1 aliphatic carbocycles. The molecule has 0 aromatic carbocycles. The van der Waals surface area contributed by atoms with Crippen molar-refractivity contribution in [1.82, 2.24) is 20.1 Å². The molecule has 1 N–H and O–H groups in total. The van der Waals surface area contributed by atoms with Gasteiger partial charge in [0.25, 0.3) is 0 Å². The molecule has 1 atom stereocenters. The van der Waals surface area contributed by atoms with Gasteiger partial charge in [-0.15, -0.1) is 0 Å². The van der Waals surface area contributed by atoms with Gasteiger partial charge in [0.15, 0.2) is 0 Å². The van der Waals surface area contributed by atoms with E-state index >= 15 is 0 Å². The van der Waals surface area contributed by atoms with E-state index in [1.807, 2.05) is 30.2 Å². The maximum absolute atomic E-state index is 4.55. The summed E-state index contributed by atoms with van der Waals surface area (Å²) in [5, 5.41) is 7.83. The first-order chi connectivity index (χ1) is 9.34. The third-order valence-corrected chi connectivity index (χ3v) is 3.89. The summed E-state index contributed by atoms with van der Waals surface area (Å²) in [5.74, 6) is 0. The summed E-state index contributed by atoms with van der Waals surface area (Å²) in [5.41, 5.74) is 3.93. The van der Waals surface area contributed by atoms with Gasteiger partial charge in [0.05, 0.1) is 5.69 Å². The summed E-state index contributed by atoms with van der Waals surface area (Å²) in [6, 6.07) is 6.74. The number of hydrogen-bond acceptors (Lipinski definition) is 3. The number of rotatable bonds is 4. The normalized spacial score (nSPS) is 18.3. The van der Waals surface area contributed by atoms with Crippen LogP contribution in [0.3, 0.4) is 0 Å². The van der Waals surface area contributed by atoms with Crippen molar-refractivity contribution >= 4 is 0 Å². The molecule has 1 unspecified atom stereocenters. The third kappa shape index (κ3) is 2.68. The Balaban J connectivity index is 1.61. The molecule has 0 spiro atoms. The zero-order valence-corrected chi connectivity index (χ0v) is 11.3. The number of pyridine rings is 1. The number of aryl methyl sites for hydroxylation is 2. The molecule has 0 bridgehead atoms. The first kappa shape index (κ1) is 12.4. The number of nitrogens with one attached hydrogen (secondary N) is 1. The SMILES string of the molecule is Cn1nccc1CCNC1CCCc2cccnc21. The van der Waals surface area contributed by atoms with E-state index in [1.54, 1.807) is 0 Å². The highest BCUT2D eigenvalue weighted by Gasteiger charge is 2.20. The van der Waals surface area contributed by atoms with Crippen LogP contribution in [0.5, 0.6) is 0 Å². The van der Waals surface area contributed by atoms with Crippen molar-refractivity contribution in [3.63, 3.8) is 0 Å². The van der Waals surface area contributed by atoms with E-state index in [9.17, 15) is 0 Å². The van der Waals surface area contributed by atoms with Crippen LogP contribution in [0.1, 0.15) is 35.8 Å². The van der Waals surface area contributed by atoms with E-state index in [0.717, 1.165) is 13.0 Å². The van der Waals surface area contributed by atoms with Gasteiger partial charge >= 0.3 is 0 Å². The summed E-state index contributed by atoms with van der Waals surface area (Å²) < 4.78 is 1.94. The molecule has 1 aliphatic rings. The third-order valence-electron chi connectivity index (χ3n) is 3.89. The van der Waals surface area contributed by atoms with Crippen LogP contribution in [0.2, 0.25) is 0 Å². The summed E-state index contributed by atoms with van der Waals surface area (Å²) in [6.07, 6.45) is 8.38. The van der Waals surface area contributed by atoms with Crippen molar-refractivity contribution in [2.45, 2.75) is 31.7 Å². The Morgan fingerprint density at radius 1 is 1.37 bits per heavy atom. The molecule has 3 rings (SSSR count). The van der Waals surface area contributed by atoms with Crippen molar-refractivity contribution in [2.24, 2.45) is 7.05 Å². The molecular formula is C15H20N4. The minimum absolute atomic E-state index is 0.415. The van der Waals surface area contributed by atoms with E-state index in [2.05, 4.69) is 27.5 Å². The van der Waals surface area contributed by atoms with Crippen LogP contribution in [-0.2, 0) is 19.9 Å². The number of aromatic nitrogens is 3. The average Bonchev–Trinajstić information content (AvgIpc) is 2.85. The average molecular weight is 256 g/mol. The van der Waals surface area contributed by atoms with Gasteiger partial charge in [-0.3, -0.25) is 9.67 Å². The van der Waals surface area contributed by atoms with Gasteiger partial charge in [-0.2, -0.15) is 5.10 Å². The van der Waals surface area contributed by atoms with Gasteiger partial charge in [0.2, 0.25) is 0 Å². The Morgan fingerprint density at radius 2 is 2.32 bits per heavy atom.